The molecule has 1 aliphatic heterocycles. The van der Waals surface area contributed by atoms with Gasteiger partial charge in [-0.3, -0.25) is 4.79 Å². The monoisotopic (exact) mass is 240 g/mol. The average Bonchev–Trinajstić information content (AvgIpc) is 2.91. The number of fused-ring (bicyclic) bond motifs is 1. The highest BCUT2D eigenvalue weighted by Gasteiger charge is 2.17. The molecule has 1 amide bonds. The number of nitrogens with one attached hydrogen (secondary N) is 2. The van der Waals surface area contributed by atoms with Gasteiger partial charge >= 0.3 is 0 Å². The smallest absolute Gasteiger partial charge is 0.251 e. The first kappa shape index (κ1) is 11.2. The van der Waals surface area contributed by atoms with Crippen LogP contribution in [0, 0.1) is 0 Å². The van der Waals surface area contributed by atoms with Crippen molar-refractivity contribution in [1.29, 1.82) is 0 Å². The lowest BCUT2D eigenvalue weighted by Gasteiger charge is -2.11. The summed E-state index contributed by atoms with van der Waals surface area (Å²) in [5, 5.41) is 8.57. The second kappa shape index (κ2) is 4.78. The molecule has 0 spiro atoms. The van der Waals surface area contributed by atoms with Crippen molar-refractivity contribution < 1.29 is 4.79 Å². The topological polar surface area (TPSA) is 41.1 Å². The minimum absolute atomic E-state index is 0.0226. The van der Waals surface area contributed by atoms with Crippen molar-refractivity contribution in [3.63, 3.8) is 0 Å². The summed E-state index contributed by atoms with van der Waals surface area (Å²) >= 11 is 0. The Kier molecular flexibility index (Phi) is 2.99. The Morgan fingerprint density at radius 2 is 2.00 bits per heavy atom. The van der Waals surface area contributed by atoms with Gasteiger partial charge in [-0.05, 0) is 35.9 Å². The highest BCUT2D eigenvalue weighted by atomic mass is 16.1. The van der Waals surface area contributed by atoms with Crippen molar-refractivity contribution in [3.8, 4) is 0 Å². The number of hydrogen-bond acceptors (Lipinski definition) is 2. The van der Waals surface area contributed by atoms with Crippen LogP contribution < -0.4 is 10.6 Å². The van der Waals surface area contributed by atoms with Crippen LogP contribution in [0.25, 0.3) is 10.8 Å². The summed E-state index contributed by atoms with van der Waals surface area (Å²) in [5.41, 5.74) is 0.737. The van der Waals surface area contributed by atoms with Crippen LogP contribution in [0.4, 0.5) is 0 Å². The van der Waals surface area contributed by atoms with Crippen molar-refractivity contribution in [2.24, 2.45) is 0 Å². The molecule has 92 valence electrons. The molecule has 0 bridgehead atoms. The molecular weight excluding hydrogens is 224 g/mol. The van der Waals surface area contributed by atoms with E-state index in [1.807, 2.05) is 36.4 Å². The number of amides is 1. The Morgan fingerprint density at radius 1 is 1.17 bits per heavy atom. The highest BCUT2D eigenvalue weighted by molar-refractivity contribution is 5.98. The minimum Gasteiger partial charge on any atom is -0.348 e. The third-order valence-electron chi connectivity index (χ3n) is 3.41. The van der Waals surface area contributed by atoms with Gasteiger partial charge in [0, 0.05) is 18.2 Å². The number of rotatable bonds is 2. The van der Waals surface area contributed by atoms with Crippen LogP contribution in [0.3, 0.4) is 0 Å². The SMILES string of the molecule is O=C(N[C@H]1CCNC1)c1ccc2ccccc2c1. The zero-order chi connectivity index (χ0) is 12.4. The van der Waals surface area contributed by atoms with Crippen molar-refractivity contribution in [1.82, 2.24) is 10.6 Å². The fourth-order valence-corrected chi connectivity index (χ4v) is 2.38. The van der Waals surface area contributed by atoms with E-state index in [2.05, 4.69) is 16.7 Å². The Balaban J connectivity index is 1.82. The molecule has 0 aliphatic carbocycles. The van der Waals surface area contributed by atoms with Gasteiger partial charge in [-0.15, -0.1) is 0 Å². The summed E-state index contributed by atoms with van der Waals surface area (Å²) in [6.07, 6.45) is 1.01. The molecule has 0 saturated carbocycles. The van der Waals surface area contributed by atoms with E-state index < -0.39 is 0 Å². The van der Waals surface area contributed by atoms with Crippen molar-refractivity contribution in [3.05, 3.63) is 48.0 Å². The summed E-state index contributed by atoms with van der Waals surface area (Å²) in [7, 11) is 0. The van der Waals surface area contributed by atoms with Gasteiger partial charge in [-0.25, -0.2) is 0 Å². The van der Waals surface area contributed by atoms with Crippen LogP contribution >= 0.6 is 0 Å². The summed E-state index contributed by atoms with van der Waals surface area (Å²) in [6.45, 7) is 1.86. The minimum atomic E-state index is 0.0226. The molecule has 1 atom stereocenters. The van der Waals surface area contributed by atoms with E-state index in [-0.39, 0.29) is 11.9 Å². The summed E-state index contributed by atoms with van der Waals surface area (Å²) in [6, 6.07) is 14.2. The highest BCUT2D eigenvalue weighted by Crippen LogP contribution is 2.15. The van der Waals surface area contributed by atoms with E-state index in [4.69, 9.17) is 0 Å². The van der Waals surface area contributed by atoms with Gasteiger partial charge < -0.3 is 10.6 Å². The van der Waals surface area contributed by atoms with Crippen LogP contribution in [0.1, 0.15) is 16.8 Å². The van der Waals surface area contributed by atoms with E-state index in [0.29, 0.717) is 0 Å². The van der Waals surface area contributed by atoms with Gasteiger partial charge in [0.05, 0.1) is 0 Å². The molecule has 18 heavy (non-hydrogen) atoms. The van der Waals surface area contributed by atoms with Crippen molar-refractivity contribution in [2.45, 2.75) is 12.5 Å². The molecule has 2 N–H and O–H groups in total. The van der Waals surface area contributed by atoms with E-state index in [1.165, 1.54) is 0 Å². The second-order valence-electron chi connectivity index (χ2n) is 4.73. The van der Waals surface area contributed by atoms with Crippen LogP contribution in [0.5, 0.6) is 0 Å². The van der Waals surface area contributed by atoms with E-state index >= 15 is 0 Å². The van der Waals surface area contributed by atoms with Crippen LogP contribution in [0.15, 0.2) is 42.5 Å². The first-order valence-electron chi connectivity index (χ1n) is 6.33. The molecule has 0 aromatic heterocycles. The quantitative estimate of drug-likeness (QED) is 0.842. The Morgan fingerprint density at radius 3 is 2.78 bits per heavy atom. The molecule has 3 rings (SSSR count). The largest absolute Gasteiger partial charge is 0.348 e. The summed E-state index contributed by atoms with van der Waals surface area (Å²) < 4.78 is 0. The van der Waals surface area contributed by atoms with E-state index in [0.717, 1.165) is 35.8 Å². The maximum Gasteiger partial charge on any atom is 0.251 e. The third kappa shape index (κ3) is 2.22. The molecule has 1 heterocycles. The lowest BCUT2D eigenvalue weighted by atomic mass is 10.1. The number of carbonyl (C=O) groups excluding carboxylic acids is 1. The number of hydrogen-bond donors (Lipinski definition) is 2. The maximum absolute atomic E-state index is 12.1. The number of benzene rings is 2. The molecule has 3 nitrogen and oxygen atoms in total. The van der Waals surface area contributed by atoms with Crippen molar-refractivity contribution in [2.75, 3.05) is 13.1 Å². The van der Waals surface area contributed by atoms with Gasteiger partial charge in [-0.2, -0.15) is 0 Å². The molecule has 2 aromatic rings. The first-order chi connectivity index (χ1) is 8.83. The summed E-state index contributed by atoms with van der Waals surface area (Å²) in [4.78, 5) is 12.1. The molecule has 1 aliphatic rings. The Hall–Kier alpha value is -1.87. The Labute approximate surface area is 106 Å². The zero-order valence-corrected chi connectivity index (χ0v) is 10.1. The normalized spacial score (nSPS) is 19.0. The molecule has 1 fully saturated rings. The predicted octanol–water partition coefficient (Wildman–Crippen LogP) is 1.93. The fourth-order valence-electron chi connectivity index (χ4n) is 2.38. The van der Waals surface area contributed by atoms with Gasteiger partial charge in [0.25, 0.3) is 5.91 Å². The van der Waals surface area contributed by atoms with Gasteiger partial charge in [0.2, 0.25) is 0 Å². The lowest BCUT2D eigenvalue weighted by molar-refractivity contribution is 0.0940. The summed E-state index contributed by atoms with van der Waals surface area (Å²) in [5.74, 6) is 0.0226. The number of carbonyl (C=O) groups is 1. The van der Waals surface area contributed by atoms with Gasteiger partial charge in [-0.1, -0.05) is 30.3 Å². The zero-order valence-electron chi connectivity index (χ0n) is 10.1. The lowest BCUT2D eigenvalue weighted by Crippen LogP contribution is -2.36. The Bertz CT molecular complexity index is 573. The molecule has 0 unspecified atom stereocenters. The van der Waals surface area contributed by atoms with Crippen LogP contribution in [0.2, 0.25) is 0 Å². The van der Waals surface area contributed by atoms with Crippen molar-refractivity contribution >= 4 is 16.7 Å². The maximum atomic E-state index is 12.1. The van der Waals surface area contributed by atoms with Gasteiger partial charge in [0.15, 0.2) is 0 Å². The molecule has 2 aromatic carbocycles. The molecule has 0 radical (unpaired) electrons. The third-order valence-corrected chi connectivity index (χ3v) is 3.41. The molecular formula is C15H16N2O. The molecule has 3 heteroatoms. The van der Waals surface area contributed by atoms with E-state index in [9.17, 15) is 4.79 Å². The first-order valence-corrected chi connectivity index (χ1v) is 6.33. The molecule has 1 saturated heterocycles. The average molecular weight is 240 g/mol. The fraction of sp³-hybridized carbons (Fsp3) is 0.267. The van der Waals surface area contributed by atoms with E-state index in [1.54, 1.807) is 0 Å². The van der Waals surface area contributed by atoms with Crippen LogP contribution in [-0.4, -0.2) is 25.0 Å². The van der Waals surface area contributed by atoms with Crippen LogP contribution in [-0.2, 0) is 0 Å². The predicted molar refractivity (Wildman–Crippen MR) is 72.7 cm³/mol. The van der Waals surface area contributed by atoms with Gasteiger partial charge in [0.1, 0.15) is 0 Å². The second-order valence-corrected chi connectivity index (χ2v) is 4.73. The standard InChI is InChI=1S/C15H16N2O/c18-15(17-14-7-8-16-10-14)13-6-5-11-3-1-2-4-12(11)9-13/h1-6,9,14,16H,7-8,10H2,(H,17,18)/t14-/m0/s1.